The van der Waals surface area contributed by atoms with Gasteiger partial charge in [0.15, 0.2) is 19.9 Å². The molecule has 0 saturated heterocycles. The molecule has 0 spiro atoms. The fraction of sp³-hybridized carbons (Fsp3) is 0.545. The highest BCUT2D eigenvalue weighted by Crippen LogP contribution is 2.62. The standard InChI is InChI=1S/C33H40O8/c1-22(37-3)39-21-41-31-16-30(40-20-38-11-10-36-2)28(9-6-23-4-7-27(8-5-23)32(34)35)15-29(31)33-17-24-12-25(18-33)14-26(13-24)19-33/h4-5,7-8,15-16,22,24-26H,10-14,17-21H2,1-3H3,(H,34,35). The van der Waals surface area contributed by atoms with Crippen LogP contribution in [0.3, 0.4) is 0 Å². The number of aromatic carboxylic acids is 1. The topological polar surface area (TPSA) is 92.7 Å². The smallest absolute Gasteiger partial charge is 0.335 e. The highest BCUT2D eigenvalue weighted by Gasteiger charge is 2.52. The van der Waals surface area contributed by atoms with E-state index < -0.39 is 5.97 Å². The summed E-state index contributed by atoms with van der Waals surface area (Å²) in [4.78, 5) is 11.3. The lowest BCUT2D eigenvalue weighted by Gasteiger charge is -2.57. The fourth-order valence-electron chi connectivity index (χ4n) is 7.16. The molecule has 0 heterocycles. The maximum absolute atomic E-state index is 11.3. The Labute approximate surface area is 242 Å². The van der Waals surface area contributed by atoms with Crippen LogP contribution >= 0.6 is 0 Å². The largest absolute Gasteiger partial charge is 0.478 e. The minimum Gasteiger partial charge on any atom is -0.478 e. The zero-order valence-corrected chi connectivity index (χ0v) is 24.1. The van der Waals surface area contributed by atoms with Crippen LogP contribution in [0.15, 0.2) is 36.4 Å². The second-order valence-corrected chi connectivity index (χ2v) is 11.6. The molecule has 4 fully saturated rings. The van der Waals surface area contributed by atoms with Crippen LogP contribution in [0, 0.1) is 29.6 Å². The average molecular weight is 565 g/mol. The van der Waals surface area contributed by atoms with Gasteiger partial charge in [-0.25, -0.2) is 4.79 Å². The van der Waals surface area contributed by atoms with Gasteiger partial charge in [0.05, 0.1) is 24.3 Å². The van der Waals surface area contributed by atoms with Crippen molar-refractivity contribution in [3.63, 3.8) is 0 Å². The SMILES string of the molecule is COCCOCOc1cc(OCOC(C)OC)c(C23CC4CC(CC(C4)C2)C3)cc1C#Cc1ccc(C(=O)O)cc1. The predicted octanol–water partition coefficient (Wildman–Crippen LogP) is 5.60. The lowest BCUT2D eigenvalue weighted by molar-refractivity contribution is -0.150. The molecule has 4 saturated carbocycles. The van der Waals surface area contributed by atoms with Gasteiger partial charge >= 0.3 is 5.97 Å². The van der Waals surface area contributed by atoms with Gasteiger partial charge < -0.3 is 33.5 Å². The zero-order chi connectivity index (χ0) is 28.8. The summed E-state index contributed by atoms with van der Waals surface area (Å²) in [5.41, 5.74) is 2.90. The molecule has 41 heavy (non-hydrogen) atoms. The Hall–Kier alpha value is -3.09. The first-order valence-corrected chi connectivity index (χ1v) is 14.4. The van der Waals surface area contributed by atoms with Crippen molar-refractivity contribution in [2.75, 3.05) is 41.0 Å². The van der Waals surface area contributed by atoms with Crippen LogP contribution in [0.2, 0.25) is 0 Å². The van der Waals surface area contributed by atoms with E-state index in [9.17, 15) is 9.90 Å². The van der Waals surface area contributed by atoms with Crippen LogP contribution in [0.4, 0.5) is 0 Å². The summed E-state index contributed by atoms with van der Waals surface area (Å²) >= 11 is 0. The first kappa shape index (κ1) is 29.4. The van der Waals surface area contributed by atoms with Crippen molar-refractivity contribution in [2.45, 2.75) is 57.2 Å². The molecule has 8 nitrogen and oxygen atoms in total. The number of methoxy groups -OCH3 is 2. The summed E-state index contributed by atoms with van der Waals surface area (Å²) in [5, 5.41) is 9.24. The average Bonchev–Trinajstić information content (AvgIpc) is 2.95. The summed E-state index contributed by atoms with van der Waals surface area (Å²) in [6.45, 7) is 2.80. The molecule has 4 aliphatic carbocycles. The second kappa shape index (κ2) is 13.3. The van der Waals surface area contributed by atoms with Crippen molar-refractivity contribution in [1.29, 1.82) is 0 Å². The summed E-state index contributed by atoms with van der Waals surface area (Å²) in [5.74, 6) is 9.11. The van der Waals surface area contributed by atoms with Crippen molar-refractivity contribution in [3.05, 3.63) is 58.7 Å². The second-order valence-electron chi connectivity index (χ2n) is 11.6. The van der Waals surface area contributed by atoms with Gasteiger partial charge in [0, 0.05) is 31.4 Å². The van der Waals surface area contributed by atoms with Crippen molar-refractivity contribution < 1.29 is 38.3 Å². The maximum atomic E-state index is 11.3. The number of hydrogen-bond acceptors (Lipinski definition) is 7. The van der Waals surface area contributed by atoms with Crippen LogP contribution in [-0.4, -0.2) is 58.4 Å². The van der Waals surface area contributed by atoms with Gasteiger partial charge in [-0.1, -0.05) is 11.8 Å². The number of benzene rings is 2. The first-order chi connectivity index (χ1) is 19.9. The maximum Gasteiger partial charge on any atom is 0.335 e. The third-order valence-electron chi connectivity index (χ3n) is 8.74. The number of ether oxygens (including phenoxy) is 6. The Kier molecular flexibility index (Phi) is 9.51. The van der Waals surface area contributed by atoms with Crippen molar-refractivity contribution in [2.24, 2.45) is 17.8 Å². The Balaban J connectivity index is 1.51. The lowest BCUT2D eigenvalue weighted by atomic mass is 9.48. The van der Waals surface area contributed by atoms with Gasteiger partial charge in [-0.3, -0.25) is 0 Å². The molecule has 1 unspecified atom stereocenters. The van der Waals surface area contributed by atoms with Crippen LogP contribution in [0.5, 0.6) is 11.5 Å². The van der Waals surface area contributed by atoms with E-state index in [-0.39, 0.29) is 30.9 Å². The van der Waals surface area contributed by atoms with Gasteiger partial charge in [-0.2, -0.15) is 0 Å². The molecular weight excluding hydrogens is 524 g/mol. The van der Waals surface area contributed by atoms with E-state index in [4.69, 9.17) is 28.4 Å². The normalized spacial score (nSPS) is 24.9. The van der Waals surface area contributed by atoms with Crippen LogP contribution in [-0.2, 0) is 24.4 Å². The fourth-order valence-corrected chi connectivity index (χ4v) is 7.16. The van der Waals surface area contributed by atoms with Gasteiger partial charge in [0.1, 0.15) is 11.5 Å². The Morgan fingerprint density at radius 2 is 1.59 bits per heavy atom. The van der Waals surface area contributed by atoms with Crippen molar-refractivity contribution >= 4 is 5.97 Å². The van der Waals surface area contributed by atoms with E-state index in [1.807, 2.05) is 13.0 Å². The summed E-state index contributed by atoms with van der Waals surface area (Å²) in [6.07, 6.45) is 7.10. The third kappa shape index (κ3) is 7.04. The molecule has 4 aliphatic rings. The van der Waals surface area contributed by atoms with E-state index in [1.54, 1.807) is 38.5 Å². The molecule has 2 aromatic rings. The molecule has 6 rings (SSSR count). The van der Waals surface area contributed by atoms with E-state index in [2.05, 4.69) is 17.9 Å². The van der Waals surface area contributed by atoms with E-state index in [0.29, 0.717) is 19.0 Å². The first-order valence-electron chi connectivity index (χ1n) is 14.4. The third-order valence-corrected chi connectivity index (χ3v) is 8.74. The number of carboxylic acid groups (broad SMARTS) is 1. The summed E-state index contributed by atoms with van der Waals surface area (Å²) < 4.78 is 34.0. The van der Waals surface area contributed by atoms with Gasteiger partial charge in [-0.05, 0) is 98.9 Å². The van der Waals surface area contributed by atoms with Crippen molar-refractivity contribution in [3.8, 4) is 23.3 Å². The molecule has 0 radical (unpaired) electrons. The Bertz CT molecular complexity index is 1220. The number of carboxylic acids is 1. The van der Waals surface area contributed by atoms with E-state index in [0.717, 1.165) is 53.9 Å². The Morgan fingerprint density at radius 3 is 2.20 bits per heavy atom. The van der Waals surface area contributed by atoms with E-state index >= 15 is 0 Å². The number of carbonyl (C=O) groups is 1. The summed E-state index contributed by atoms with van der Waals surface area (Å²) in [7, 11) is 3.23. The van der Waals surface area contributed by atoms with Crippen LogP contribution < -0.4 is 9.47 Å². The molecule has 2 aromatic carbocycles. The predicted molar refractivity (Wildman–Crippen MR) is 152 cm³/mol. The van der Waals surface area contributed by atoms with Crippen LogP contribution in [0.25, 0.3) is 0 Å². The van der Waals surface area contributed by atoms with Gasteiger partial charge in [0.25, 0.3) is 0 Å². The lowest BCUT2D eigenvalue weighted by Crippen LogP contribution is -2.48. The zero-order valence-electron chi connectivity index (χ0n) is 24.1. The van der Waals surface area contributed by atoms with Gasteiger partial charge in [0.2, 0.25) is 0 Å². The minimum absolute atomic E-state index is 0.0404. The number of rotatable bonds is 13. The highest BCUT2D eigenvalue weighted by molar-refractivity contribution is 5.87. The molecule has 0 amide bonds. The van der Waals surface area contributed by atoms with Crippen molar-refractivity contribution in [1.82, 2.24) is 0 Å². The quantitative estimate of drug-likeness (QED) is 0.191. The Morgan fingerprint density at radius 1 is 0.927 bits per heavy atom. The summed E-state index contributed by atoms with van der Waals surface area (Å²) in [6, 6.07) is 10.6. The number of hydrogen-bond donors (Lipinski definition) is 1. The monoisotopic (exact) mass is 564 g/mol. The molecule has 1 atom stereocenters. The molecule has 1 N–H and O–H groups in total. The van der Waals surface area contributed by atoms with E-state index in [1.165, 1.54) is 24.8 Å². The molecule has 0 aromatic heterocycles. The molecule has 0 aliphatic heterocycles. The molecule has 220 valence electrons. The molecule has 8 heteroatoms. The minimum atomic E-state index is -0.964. The van der Waals surface area contributed by atoms with Crippen LogP contribution in [0.1, 0.15) is 72.5 Å². The highest BCUT2D eigenvalue weighted by atomic mass is 16.7. The molecular formula is C33H40O8. The van der Waals surface area contributed by atoms with Gasteiger partial charge in [-0.15, -0.1) is 0 Å². The molecule has 4 bridgehead atoms.